The number of nitro groups is 1. The lowest BCUT2D eigenvalue weighted by molar-refractivity contribution is -0.389. The molecular formula is C11H12N4O4. The second-order valence-electron chi connectivity index (χ2n) is 4.73. The van der Waals surface area contributed by atoms with Crippen molar-refractivity contribution in [3.8, 4) is 6.01 Å². The molecule has 3 heterocycles. The third-order valence-corrected chi connectivity index (χ3v) is 3.27. The summed E-state index contributed by atoms with van der Waals surface area (Å²) in [5.41, 5.74) is 0.231. The highest BCUT2D eigenvalue weighted by molar-refractivity contribution is 5.32. The minimum Gasteiger partial charge on any atom is -0.433 e. The second kappa shape index (κ2) is 3.82. The quantitative estimate of drug-likeness (QED) is 0.634. The molecule has 1 unspecified atom stereocenters. The first-order chi connectivity index (χ1) is 8.98. The van der Waals surface area contributed by atoms with Gasteiger partial charge in [-0.3, -0.25) is 14.8 Å². The largest absolute Gasteiger partial charge is 0.433 e. The Hall–Kier alpha value is -2.35. The first-order valence-corrected chi connectivity index (χ1v) is 5.72. The van der Waals surface area contributed by atoms with E-state index < -0.39 is 10.5 Å². The Morgan fingerprint density at radius 3 is 3.05 bits per heavy atom. The number of rotatable bonds is 2. The van der Waals surface area contributed by atoms with Crippen LogP contribution in [0.25, 0.3) is 0 Å². The fourth-order valence-corrected chi connectivity index (χ4v) is 2.28. The van der Waals surface area contributed by atoms with Crippen molar-refractivity contribution in [2.75, 3.05) is 6.54 Å². The number of hydrogen-bond donors (Lipinski definition) is 1. The zero-order chi connectivity index (χ0) is 13.6. The van der Waals surface area contributed by atoms with Gasteiger partial charge in [0.2, 0.25) is 0 Å². The topological polar surface area (TPSA) is 93.7 Å². The van der Waals surface area contributed by atoms with Crippen LogP contribution >= 0.6 is 0 Å². The molecule has 2 aliphatic rings. The molecule has 2 aliphatic heterocycles. The average molecular weight is 264 g/mol. The fraction of sp³-hybridized carbons (Fsp3) is 0.364. The Kier molecular flexibility index (Phi) is 2.36. The normalized spacial score (nSPS) is 24.9. The van der Waals surface area contributed by atoms with Crippen LogP contribution < -0.4 is 4.74 Å². The minimum atomic E-state index is -0.650. The zero-order valence-corrected chi connectivity index (χ0v) is 10.2. The van der Waals surface area contributed by atoms with Crippen LogP contribution in [0, 0.1) is 10.1 Å². The standard InChI is InChI=1S/C11H12N4O4/c1-11(8-3-2-4-14(16)5-8)7-13-6-9(15(17)18)12-10(13)19-11/h2-4,6,16H,5,7H2,1H3. The molecule has 100 valence electrons. The summed E-state index contributed by atoms with van der Waals surface area (Å²) in [5.74, 6) is -0.224. The Morgan fingerprint density at radius 1 is 1.63 bits per heavy atom. The maximum atomic E-state index is 10.6. The maximum absolute atomic E-state index is 10.6. The number of fused-ring (bicyclic) bond motifs is 1. The molecule has 0 aromatic carbocycles. The predicted molar refractivity (Wildman–Crippen MR) is 63.6 cm³/mol. The van der Waals surface area contributed by atoms with Crippen molar-refractivity contribution in [1.82, 2.24) is 14.6 Å². The molecule has 3 rings (SSSR count). The first kappa shape index (κ1) is 11.7. The minimum absolute atomic E-state index is 0.224. The monoisotopic (exact) mass is 264 g/mol. The van der Waals surface area contributed by atoms with Crippen LogP contribution in [0.3, 0.4) is 0 Å². The van der Waals surface area contributed by atoms with E-state index in [-0.39, 0.29) is 11.8 Å². The van der Waals surface area contributed by atoms with Crippen LogP contribution in [0.4, 0.5) is 5.82 Å². The van der Waals surface area contributed by atoms with Crippen molar-refractivity contribution < 1.29 is 14.9 Å². The van der Waals surface area contributed by atoms with Gasteiger partial charge >= 0.3 is 11.8 Å². The Balaban J connectivity index is 1.86. The number of hydroxylamine groups is 2. The molecular weight excluding hydrogens is 252 g/mol. The average Bonchev–Trinajstić information content (AvgIpc) is 2.84. The highest BCUT2D eigenvalue weighted by Crippen LogP contribution is 2.36. The lowest BCUT2D eigenvalue weighted by Gasteiger charge is -2.29. The smallest absolute Gasteiger partial charge is 0.415 e. The molecule has 0 fully saturated rings. The fourth-order valence-electron chi connectivity index (χ4n) is 2.28. The van der Waals surface area contributed by atoms with Crippen LogP contribution in [0.15, 0.2) is 30.1 Å². The van der Waals surface area contributed by atoms with E-state index in [9.17, 15) is 15.3 Å². The number of allylic oxidation sites excluding steroid dienone is 2. The molecule has 8 heteroatoms. The van der Waals surface area contributed by atoms with Gasteiger partial charge in [0.25, 0.3) is 0 Å². The Morgan fingerprint density at radius 2 is 2.42 bits per heavy atom. The molecule has 1 N–H and O–H groups in total. The summed E-state index contributed by atoms with van der Waals surface area (Å²) >= 11 is 0. The van der Waals surface area contributed by atoms with E-state index in [1.54, 1.807) is 16.8 Å². The second-order valence-corrected chi connectivity index (χ2v) is 4.73. The van der Waals surface area contributed by atoms with Crippen molar-refractivity contribution in [3.63, 3.8) is 0 Å². The van der Waals surface area contributed by atoms with Crippen LogP contribution in [0.1, 0.15) is 6.92 Å². The van der Waals surface area contributed by atoms with Gasteiger partial charge in [0.1, 0.15) is 6.20 Å². The van der Waals surface area contributed by atoms with E-state index in [0.717, 1.165) is 10.6 Å². The van der Waals surface area contributed by atoms with Gasteiger partial charge in [0, 0.05) is 11.2 Å². The number of ether oxygens (including phenoxy) is 1. The SMILES string of the molecule is CC1(C2=CC=CN(O)C2)Cn2cc([N+](=O)[O-])nc2O1. The molecule has 0 amide bonds. The van der Waals surface area contributed by atoms with Gasteiger partial charge in [0.15, 0.2) is 5.60 Å². The molecule has 0 aliphatic carbocycles. The lowest BCUT2D eigenvalue weighted by Crippen LogP contribution is -2.39. The molecule has 0 bridgehead atoms. The number of aromatic nitrogens is 2. The first-order valence-electron chi connectivity index (χ1n) is 5.72. The van der Waals surface area contributed by atoms with Crippen molar-refractivity contribution in [1.29, 1.82) is 0 Å². The van der Waals surface area contributed by atoms with Gasteiger partial charge < -0.3 is 14.9 Å². The molecule has 1 atom stereocenters. The van der Waals surface area contributed by atoms with Crippen molar-refractivity contribution in [2.24, 2.45) is 0 Å². The molecule has 0 saturated heterocycles. The van der Waals surface area contributed by atoms with E-state index in [1.165, 1.54) is 6.20 Å². The number of nitrogens with zero attached hydrogens (tertiary/aromatic N) is 4. The van der Waals surface area contributed by atoms with Gasteiger partial charge in [-0.15, -0.1) is 0 Å². The van der Waals surface area contributed by atoms with Gasteiger partial charge in [-0.2, -0.15) is 0 Å². The third-order valence-electron chi connectivity index (χ3n) is 3.27. The summed E-state index contributed by atoms with van der Waals surface area (Å²) in [4.78, 5) is 13.9. The van der Waals surface area contributed by atoms with E-state index in [0.29, 0.717) is 13.1 Å². The van der Waals surface area contributed by atoms with Crippen molar-refractivity contribution in [2.45, 2.75) is 19.1 Å². The van der Waals surface area contributed by atoms with Crippen molar-refractivity contribution >= 4 is 5.82 Å². The summed E-state index contributed by atoms with van der Waals surface area (Å²) in [5, 5.41) is 21.2. The summed E-state index contributed by atoms with van der Waals surface area (Å²) < 4.78 is 7.33. The van der Waals surface area contributed by atoms with Crippen LogP contribution in [0.2, 0.25) is 0 Å². The Bertz CT molecular complexity index is 580. The van der Waals surface area contributed by atoms with Crippen molar-refractivity contribution in [3.05, 3.63) is 40.2 Å². The summed E-state index contributed by atoms with van der Waals surface area (Å²) in [6.45, 7) is 2.63. The summed E-state index contributed by atoms with van der Waals surface area (Å²) in [6, 6.07) is 0.231. The van der Waals surface area contributed by atoms with Crippen LogP contribution in [-0.4, -0.2) is 36.9 Å². The van der Waals surface area contributed by atoms with Gasteiger partial charge in [-0.1, -0.05) is 6.08 Å². The highest BCUT2D eigenvalue weighted by atomic mass is 16.6. The number of imidazole rings is 1. The molecule has 8 nitrogen and oxygen atoms in total. The molecule has 19 heavy (non-hydrogen) atoms. The van der Waals surface area contributed by atoms with E-state index >= 15 is 0 Å². The molecule has 0 saturated carbocycles. The lowest BCUT2D eigenvalue weighted by atomic mass is 9.94. The Labute approximate surface area is 108 Å². The summed E-state index contributed by atoms with van der Waals surface area (Å²) in [7, 11) is 0. The van der Waals surface area contributed by atoms with Gasteiger partial charge in [-0.05, 0) is 23.5 Å². The maximum Gasteiger partial charge on any atom is 0.415 e. The van der Waals surface area contributed by atoms with Gasteiger partial charge in [-0.25, -0.2) is 0 Å². The number of hydrogen-bond acceptors (Lipinski definition) is 6. The van der Waals surface area contributed by atoms with E-state index in [4.69, 9.17) is 4.74 Å². The third kappa shape index (κ3) is 1.85. The van der Waals surface area contributed by atoms with E-state index in [1.807, 2.05) is 13.0 Å². The molecule has 0 spiro atoms. The van der Waals surface area contributed by atoms with Crippen LogP contribution in [-0.2, 0) is 6.54 Å². The molecule has 1 aromatic rings. The van der Waals surface area contributed by atoms with Gasteiger partial charge in [0.05, 0.1) is 13.1 Å². The predicted octanol–water partition coefficient (Wildman–Crippen LogP) is 1.09. The highest BCUT2D eigenvalue weighted by Gasteiger charge is 2.43. The molecule has 0 radical (unpaired) electrons. The summed E-state index contributed by atoms with van der Waals surface area (Å²) in [6.07, 6.45) is 6.49. The van der Waals surface area contributed by atoms with Crippen LogP contribution in [0.5, 0.6) is 6.01 Å². The molecule has 1 aromatic heterocycles. The zero-order valence-electron chi connectivity index (χ0n) is 10.2. The van der Waals surface area contributed by atoms with E-state index in [2.05, 4.69) is 4.98 Å².